The standard InChI is InChI=1S/C25H42N4.C7H9FO.C2H6/c1-19(2)22(5)28-14-15-29(21(4)17-28)25-9-12-27(13-10-25)18-24-7-6-20(3)16-23(24)8-11-26;1-5(6(2)8)7(3)9-4;1-2/h6-7,16,21,25H,8-15,17-18,26H2,1-5H3;1-3H2,4H3;1-2H3. The van der Waals surface area contributed by atoms with E-state index in [2.05, 4.69) is 92.0 Å². The lowest BCUT2D eigenvalue weighted by Crippen LogP contribution is -2.57. The van der Waals surface area contributed by atoms with Crippen molar-refractivity contribution in [1.82, 2.24) is 14.7 Å². The molecule has 6 heteroatoms. The van der Waals surface area contributed by atoms with Crippen LogP contribution >= 0.6 is 0 Å². The molecule has 5 nitrogen and oxygen atoms in total. The number of halogens is 1. The lowest BCUT2D eigenvalue weighted by molar-refractivity contribution is 0.0309. The number of hydrogen-bond acceptors (Lipinski definition) is 5. The van der Waals surface area contributed by atoms with Gasteiger partial charge < -0.3 is 15.4 Å². The van der Waals surface area contributed by atoms with Gasteiger partial charge in [0.2, 0.25) is 0 Å². The van der Waals surface area contributed by atoms with E-state index in [4.69, 9.17) is 5.73 Å². The van der Waals surface area contributed by atoms with Crippen LogP contribution in [0.5, 0.6) is 0 Å². The average Bonchev–Trinajstić information content (AvgIpc) is 2.95. The summed E-state index contributed by atoms with van der Waals surface area (Å²) in [6.07, 6.45) is 3.58. The summed E-state index contributed by atoms with van der Waals surface area (Å²) in [6.45, 7) is 32.8. The van der Waals surface area contributed by atoms with Gasteiger partial charge in [-0.25, -0.2) is 4.39 Å². The molecule has 0 aromatic heterocycles. The average molecular weight is 557 g/mol. The van der Waals surface area contributed by atoms with E-state index in [0.717, 1.165) is 25.6 Å². The van der Waals surface area contributed by atoms with Crippen molar-refractivity contribution in [3.8, 4) is 0 Å². The second-order valence-electron chi connectivity index (χ2n) is 10.9. The van der Waals surface area contributed by atoms with Gasteiger partial charge in [-0.15, -0.1) is 0 Å². The summed E-state index contributed by atoms with van der Waals surface area (Å²) in [4.78, 5) is 8.02. The first kappa shape index (κ1) is 35.6. The zero-order valence-corrected chi connectivity index (χ0v) is 26.8. The summed E-state index contributed by atoms with van der Waals surface area (Å²) in [6, 6.07) is 8.28. The van der Waals surface area contributed by atoms with Crippen LogP contribution in [0.3, 0.4) is 0 Å². The summed E-state index contributed by atoms with van der Waals surface area (Å²) in [5.74, 6) is -0.399. The van der Waals surface area contributed by atoms with E-state index in [-0.39, 0.29) is 11.3 Å². The van der Waals surface area contributed by atoms with E-state index in [0.29, 0.717) is 6.04 Å². The molecule has 0 bridgehead atoms. The number of piperidine rings is 1. The van der Waals surface area contributed by atoms with Crippen molar-refractivity contribution in [1.29, 1.82) is 0 Å². The highest BCUT2D eigenvalue weighted by atomic mass is 19.1. The fourth-order valence-corrected chi connectivity index (χ4v) is 5.36. The minimum absolute atomic E-state index is 0.109. The van der Waals surface area contributed by atoms with Gasteiger partial charge >= 0.3 is 0 Å². The normalized spacial score (nSPS) is 18.1. The first-order valence-corrected chi connectivity index (χ1v) is 14.9. The van der Waals surface area contributed by atoms with Crippen molar-refractivity contribution in [3.63, 3.8) is 0 Å². The number of hydrogen-bond donors (Lipinski definition) is 1. The van der Waals surface area contributed by atoms with Crippen molar-refractivity contribution in [3.05, 3.63) is 83.1 Å². The van der Waals surface area contributed by atoms with Crippen molar-refractivity contribution in [2.75, 3.05) is 46.4 Å². The van der Waals surface area contributed by atoms with Crippen LogP contribution in [0.25, 0.3) is 0 Å². The third-order valence-electron chi connectivity index (χ3n) is 7.98. The Kier molecular flexibility index (Phi) is 16.1. The maximum atomic E-state index is 12.1. The van der Waals surface area contributed by atoms with Crippen LogP contribution < -0.4 is 5.73 Å². The van der Waals surface area contributed by atoms with Gasteiger partial charge in [0.1, 0.15) is 11.6 Å². The zero-order valence-electron chi connectivity index (χ0n) is 26.8. The van der Waals surface area contributed by atoms with Crippen LogP contribution in [-0.4, -0.2) is 73.2 Å². The fourth-order valence-electron chi connectivity index (χ4n) is 5.36. The Labute approximate surface area is 245 Å². The fraction of sp³-hybridized carbons (Fsp3) is 0.588. The molecular formula is C34H57FN4O. The van der Waals surface area contributed by atoms with Gasteiger partial charge in [0.25, 0.3) is 0 Å². The Morgan fingerprint density at radius 1 is 1.02 bits per heavy atom. The lowest BCUT2D eigenvalue weighted by Gasteiger charge is -2.47. The molecular weight excluding hydrogens is 499 g/mol. The SMILES string of the molecule is C=C(F)C(=C)C(=C)OC.CC.CC(C)=C(C)N1CCN(C2CCN(Cc3ccc(C)cc3CCN)CC2)C(C)C1. The topological polar surface area (TPSA) is 45.0 Å². The van der Waals surface area contributed by atoms with E-state index in [1.165, 1.54) is 80.6 Å². The van der Waals surface area contributed by atoms with Gasteiger partial charge in [0.15, 0.2) is 0 Å². The molecule has 0 amide bonds. The number of rotatable bonds is 9. The second kappa shape index (κ2) is 18.1. The van der Waals surface area contributed by atoms with Crippen molar-refractivity contribution < 1.29 is 9.13 Å². The molecule has 2 aliphatic rings. The molecule has 3 rings (SSSR count). The molecule has 1 aromatic rings. The van der Waals surface area contributed by atoms with Crippen LogP contribution in [0.2, 0.25) is 0 Å². The Morgan fingerprint density at radius 3 is 2.12 bits per heavy atom. The van der Waals surface area contributed by atoms with E-state index >= 15 is 0 Å². The van der Waals surface area contributed by atoms with Crippen molar-refractivity contribution in [2.24, 2.45) is 5.73 Å². The molecule has 2 saturated heterocycles. The number of nitrogens with two attached hydrogens (primary N) is 1. The number of benzene rings is 1. The summed E-state index contributed by atoms with van der Waals surface area (Å²) < 4.78 is 16.7. The molecule has 2 fully saturated rings. The first-order valence-electron chi connectivity index (χ1n) is 14.9. The van der Waals surface area contributed by atoms with E-state index in [1.54, 1.807) is 0 Å². The molecule has 2 heterocycles. The van der Waals surface area contributed by atoms with Crippen molar-refractivity contribution in [2.45, 2.75) is 86.4 Å². The molecule has 1 unspecified atom stereocenters. The summed E-state index contributed by atoms with van der Waals surface area (Å²) in [5, 5.41) is 0. The smallest absolute Gasteiger partial charge is 0.126 e. The highest BCUT2D eigenvalue weighted by molar-refractivity contribution is 5.34. The molecule has 2 aliphatic heterocycles. The number of aryl methyl sites for hydroxylation is 1. The molecule has 2 N–H and O–H groups in total. The number of piperazine rings is 1. The van der Waals surface area contributed by atoms with Crippen LogP contribution in [0.1, 0.15) is 71.1 Å². The zero-order chi connectivity index (χ0) is 30.4. The Morgan fingerprint density at radius 2 is 1.65 bits per heavy atom. The first-order chi connectivity index (χ1) is 19.0. The number of nitrogens with zero attached hydrogens (tertiary/aromatic N) is 3. The number of methoxy groups -OCH3 is 1. The third-order valence-corrected chi connectivity index (χ3v) is 7.98. The van der Waals surface area contributed by atoms with Crippen LogP contribution in [0.4, 0.5) is 4.39 Å². The van der Waals surface area contributed by atoms with Gasteiger partial charge in [-0.3, -0.25) is 9.80 Å². The monoisotopic (exact) mass is 556 g/mol. The molecule has 0 saturated carbocycles. The number of ether oxygens (including phenoxy) is 1. The van der Waals surface area contributed by atoms with Gasteiger partial charge in [-0.2, -0.15) is 0 Å². The summed E-state index contributed by atoms with van der Waals surface area (Å²) in [7, 11) is 1.40. The minimum Gasteiger partial charge on any atom is -0.497 e. The lowest BCUT2D eigenvalue weighted by atomic mass is 9.97. The number of likely N-dealkylation sites (tertiary alicyclic amines) is 1. The van der Waals surface area contributed by atoms with Gasteiger partial charge in [-0.05, 0) is 84.6 Å². The van der Waals surface area contributed by atoms with E-state index in [9.17, 15) is 4.39 Å². The maximum Gasteiger partial charge on any atom is 0.126 e. The molecule has 0 radical (unpaired) electrons. The highest BCUT2D eigenvalue weighted by Gasteiger charge is 2.31. The maximum absolute atomic E-state index is 12.1. The second-order valence-corrected chi connectivity index (χ2v) is 10.9. The summed E-state index contributed by atoms with van der Waals surface area (Å²) in [5.41, 5.74) is 13.1. The van der Waals surface area contributed by atoms with Gasteiger partial charge in [-0.1, -0.05) is 62.9 Å². The Hall–Kier alpha value is -2.41. The molecule has 0 spiro atoms. The van der Waals surface area contributed by atoms with Crippen LogP contribution in [0.15, 0.2) is 66.4 Å². The van der Waals surface area contributed by atoms with Crippen LogP contribution in [-0.2, 0) is 17.7 Å². The molecule has 226 valence electrons. The quantitative estimate of drug-likeness (QED) is 0.262. The van der Waals surface area contributed by atoms with Crippen LogP contribution in [0, 0.1) is 6.92 Å². The third kappa shape index (κ3) is 10.9. The minimum atomic E-state index is -0.609. The largest absolute Gasteiger partial charge is 0.497 e. The molecule has 0 aliphatic carbocycles. The Bertz CT molecular complexity index is 990. The predicted octanol–water partition coefficient (Wildman–Crippen LogP) is 6.99. The van der Waals surface area contributed by atoms with Gasteiger partial charge in [0.05, 0.1) is 7.11 Å². The highest BCUT2D eigenvalue weighted by Crippen LogP contribution is 2.25. The predicted molar refractivity (Wildman–Crippen MR) is 171 cm³/mol. The summed E-state index contributed by atoms with van der Waals surface area (Å²) >= 11 is 0. The number of allylic oxidation sites excluding steroid dienone is 3. The van der Waals surface area contributed by atoms with Gasteiger partial charge in [0, 0.05) is 49.5 Å². The molecule has 1 aromatic carbocycles. The van der Waals surface area contributed by atoms with E-state index < -0.39 is 5.83 Å². The molecule has 1 atom stereocenters. The van der Waals surface area contributed by atoms with Crippen molar-refractivity contribution >= 4 is 0 Å². The van der Waals surface area contributed by atoms with E-state index in [1.807, 2.05) is 13.8 Å². The Balaban J connectivity index is 0.000000621. The molecule has 40 heavy (non-hydrogen) atoms.